The fourth-order valence-corrected chi connectivity index (χ4v) is 3.82. The molecule has 2 unspecified atom stereocenters. The number of hydrogen-bond donors (Lipinski definition) is 1. The van der Waals surface area contributed by atoms with Gasteiger partial charge in [-0.15, -0.1) is 0 Å². The van der Waals surface area contributed by atoms with Crippen LogP contribution in [0.15, 0.2) is 0 Å². The van der Waals surface area contributed by atoms with Crippen molar-refractivity contribution in [3.05, 3.63) is 0 Å². The quantitative estimate of drug-likeness (QED) is 0.721. The summed E-state index contributed by atoms with van der Waals surface area (Å²) in [7, 11) is -0.316. The summed E-state index contributed by atoms with van der Waals surface area (Å²) in [4.78, 5) is 14.2. The molecule has 2 heterocycles. The lowest BCUT2D eigenvalue weighted by molar-refractivity contribution is -0.135. The van der Waals surface area contributed by atoms with E-state index >= 15 is 0 Å². The number of piperazine rings is 1. The third-order valence-corrected chi connectivity index (χ3v) is 6.08. The van der Waals surface area contributed by atoms with Gasteiger partial charge in [0, 0.05) is 40.3 Å². The van der Waals surface area contributed by atoms with Gasteiger partial charge in [0.05, 0.1) is 6.04 Å². The number of amides is 1. The molecule has 7 nitrogen and oxygen atoms in total. The van der Waals surface area contributed by atoms with Crippen LogP contribution in [0.5, 0.6) is 0 Å². The standard InChI is InChI=1S/C12H24N4O3S/c1-10-4-5-13-11(10)12(17)15-6-8-16(9-7-15)20(18,19)14(2)3/h10-11,13H,4-9H2,1-3H3. The molecule has 2 aliphatic heterocycles. The zero-order valence-corrected chi connectivity index (χ0v) is 13.2. The number of carbonyl (C=O) groups is 1. The van der Waals surface area contributed by atoms with Crippen LogP contribution in [0.4, 0.5) is 0 Å². The SMILES string of the molecule is CC1CCNC1C(=O)N1CCN(S(=O)(=O)N(C)C)CC1. The average molecular weight is 304 g/mol. The van der Waals surface area contributed by atoms with Gasteiger partial charge in [-0.25, -0.2) is 0 Å². The van der Waals surface area contributed by atoms with Crippen LogP contribution in [-0.4, -0.2) is 80.7 Å². The summed E-state index contributed by atoms with van der Waals surface area (Å²) in [5.41, 5.74) is 0. The van der Waals surface area contributed by atoms with Crippen LogP contribution in [0.2, 0.25) is 0 Å². The number of rotatable bonds is 3. The van der Waals surface area contributed by atoms with Crippen LogP contribution in [0.3, 0.4) is 0 Å². The Morgan fingerprint density at radius 2 is 1.80 bits per heavy atom. The monoisotopic (exact) mass is 304 g/mol. The molecule has 2 atom stereocenters. The molecule has 0 aromatic carbocycles. The van der Waals surface area contributed by atoms with Gasteiger partial charge < -0.3 is 10.2 Å². The third kappa shape index (κ3) is 2.98. The smallest absolute Gasteiger partial charge is 0.281 e. The van der Waals surface area contributed by atoms with Crippen LogP contribution < -0.4 is 5.32 Å². The summed E-state index contributed by atoms with van der Waals surface area (Å²) >= 11 is 0. The number of hydrogen-bond acceptors (Lipinski definition) is 4. The lowest BCUT2D eigenvalue weighted by atomic mass is 10.0. The van der Waals surface area contributed by atoms with Crippen LogP contribution in [0, 0.1) is 5.92 Å². The Labute approximate surface area is 121 Å². The summed E-state index contributed by atoms with van der Waals surface area (Å²) in [5, 5.41) is 3.23. The fourth-order valence-electron chi connectivity index (χ4n) is 2.73. The van der Waals surface area contributed by atoms with Gasteiger partial charge in [0.15, 0.2) is 0 Å². The number of carbonyl (C=O) groups excluding carboxylic acids is 1. The first-order valence-corrected chi connectivity index (χ1v) is 8.43. The first kappa shape index (κ1) is 15.7. The van der Waals surface area contributed by atoms with Crippen LogP contribution >= 0.6 is 0 Å². The number of nitrogens with one attached hydrogen (secondary N) is 1. The van der Waals surface area contributed by atoms with E-state index in [1.54, 1.807) is 4.90 Å². The molecule has 0 aromatic heterocycles. The number of nitrogens with zero attached hydrogens (tertiary/aromatic N) is 3. The van der Waals surface area contributed by atoms with Crippen molar-refractivity contribution < 1.29 is 13.2 Å². The highest BCUT2D eigenvalue weighted by atomic mass is 32.2. The maximum atomic E-state index is 12.4. The molecule has 0 radical (unpaired) electrons. The Morgan fingerprint density at radius 1 is 1.20 bits per heavy atom. The largest absolute Gasteiger partial charge is 0.339 e. The predicted octanol–water partition coefficient (Wildman–Crippen LogP) is -1.06. The van der Waals surface area contributed by atoms with Gasteiger partial charge in [-0.2, -0.15) is 17.0 Å². The predicted molar refractivity (Wildman–Crippen MR) is 76.3 cm³/mol. The average Bonchev–Trinajstić information content (AvgIpc) is 2.84. The minimum absolute atomic E-state index is 0.105. The van der Waals surface area contributed by atoms with E-state index in [2.05, 4.69) is 12.2 Å². The first-order chi connectivity index (χ1) is 9.34. The highest BCUT2D eigenvalue weighted by molar-refractivity contribution is 7.86. The van der Waals surface area contributed by atoms with Crippen molar-refractivity contribution in [2.24, 2.45) is 5.92 Å². The van der Waals surface area contributed by atoms with Crippen molar-refractivity contribution in [1.29, 1.82) is 0 Å². The molecule has 2 rings (SSSR count). The fraction of sp³-hybridized carbons (Fsp3) is 0.917. The van der Waals surface area contributed by atoms with Gasteiger partial charge >= 0.3 is 0 Å². The van der Waals surface area contributed by atoms with Crippen molar-refractivity contribution in [3.63, 3.8) is 0 Å². The van der Waals surface area contributed by atoms with E-state index in [9.17, 15) is 13.2 Å². The van der Waals surface area contributed by atoms with Gasteiger partial charge in [0.2, 0.25) is 5.91 Å². The molecule has 2 aliphatic rings. The molecule has 0 bridgehead atoms. The van der Waals surface area contributed by atoms with Crippen molar-refractivity contribution in [3.8, 4) is 0 Å². The second-order valence-electron chi connectivity index (χ2n) is 5.71. The highest BCUT2D eigenvalue weighted by Crippen LogP contribution is 2.18. The van der Waals surface area contributed by atoms with Gasteiger partial charge in [0.1, 0.15) is 0 Å². The maximum absolute atomic E-state index is 12.4. The summed E-state index contributed by atoms with van der Waals surface area (Å²) in [5.74, 6) is 0.461. The molecule has 0 aliphatic carbocycles. The Hall–Kier alpha value is -0.700. The van der Waals surface area contributed by atoms with Gasteiger partial charge in [-0.3, -0.25) is 4.79 Å². The van der Waals surface area contributed by atoms with Crippen molar-refractivity contribution in [1.82, 2.24) is 18.8 Å². The van der Waals surface area contributed by atoms with Crippen molar-refractivity contribution in [2.45, 2.75) is 19.4 Å². The van der Waals surface area contributed by atoms with Crippen molar-refractivity contribution >= 4 is 16.1 Å². The Bertz CT molecular complexity index is 457. The first-order valence-electron chi connectivity index (χ1n) is 7.04. The molecular weight excluding hydrogens is 280 g/mol. The maximum Gasteiger partial charge on any atom is 0.281 e. The van der Waals surface area contributed by atoms with Gasteiger partial charge in [-0.05, 0) is 18.9 Å². The summed E-state index contributed by atoms with van der Waals surface area (Å²) in [6, 6.07) is -0.105. The van der Waals surface area contributed by atoms with E-state index in [-0.39, 0.29) is 11.9 Å². The molecule has 1 amide bonds. The minimum atomic E-state index is -3.37. The lowest BCUT2D eigenvalue weighted by Crippen LogP contribution is -2.56. The lowest BCUT2D eigenvalue weighted by Gasteiger charge is -2.36. The molecule has 8 heteroatoms. The second kappa shape index (κ2) is 5.97. The molecule has 0 saturated carbocycles. The summed E-state index contributed by atoms with van der Waals surface area (Å²) < 4.78 is 26.7. The molecule has 116 valence electrons. The molecular formula is C12H24N4O3S. The molecule has 20 heavy (non-hydrogen) atoms. The van der Waals surface area contributed by atoms with Crippen LogP contribution in [0.1, 0.15) is 13.3 Å². The molecule has 0 spiro atoms. The van der Waals surface area contributed by atoms with E-state index < -0.39 is 10.2 Å². The van der Waals surface area contributed by atoms with Gasteiger partial charge in [-0.1, -0.05) is 6.92 Å². The molecule has 2 fully saturated rings. The van der Waals surface area contributed by atoms with Crippen LogP contribution in [-0.2, 0) is 15.0 Å². The highest BCUT2D eigenvalue weighted by Gasteiger charge is 2.36. The summed E-state index contributed by atoms with van der Waals surface area (Å²) in [6.45, 7) is 4.64. The van der Waals surface area contributed by atoms with Crippen molar-refractivity contribution in [2.75, 3.05) is 46.8 Å². The van der Waals surface area contributed by atoms with E-state index in [1.165, 1.54) is 22.7 Å². The van der Waals surface area contributed by atoms with Gasteiger partial charge in [0.25, 0.3) is 10.2 Å². The third-order valence-electron chi connectivity index (χ3n) is 4.14. The van der Waals surface area contributed by atoms with Crippen LogP contribution in [0.25, 0.3) is 0 Å². The topological polar surface area (TPSA) is 73.0 Å². The molecule has 1 N–H and O–H groups in total. The molecule has 2 saturated heterocycles. The second-order valence-corrected chi connectivity index (χ2v) is 7.85. The zero-order chi connectivity index (χ0) is 14.9. The zero-order valence-electron chi connectivity index (χ0n) is 12.4. The van der Waals surface area contributed by atoms with E-state index in [0.29, 0.717) is 32.1 Å². The Balaban J connectivity index is 1.93. The Morgan fingerprint density at radius 3 is 2.25 bits per heavy atom. The van der Waals surface area contributed by atoms with E-state index in [4.69, 9.17) is 0 Å². The Kier molecular flexibility index (Phi) is 4.68. The summed E-state index contributed by atoms with van der Waals surface area (Å²) in [6.07, 6.45) is 1.02. The normalized spacial score (nSPS) is 29.1. The van der Waals surface area contributed by atoms with E-state index in [1.807, 2.05) is 0 Å². The molecule has 0 aromatic rings. The van der Waals surface area contributed by atoms with E-state index in [0.717, 1.165) is 13.0 Å². The minimum Gasteiger partial charge on any atom is -0.339 e.